The van der Waals surface area contributed by atoms with Gasteiger partial charge in [0.1, 0.15) is 10.1 Å². The number of hydrogen-bond acceptors (Lipinski definition) is 1. The maximum absolute atomic E-state index is 12.1. The van der Waals surface area contributed by atoms with E-state index in [9.17, 15) is 4.79 Å². The molecule has 0 spiro atoms. The summed E-state index contributed by atoms with van der Waals surface area (Å²) >= 11 is 13.0. The molecule has 5 aliphatic carbocycles. The minimum atomic E-state index is -0.541. The van der Waals surface area contributed by atoms with Crippen LogP contribution in [0.1, 0.15) is 6.42 Å². The summed E-state index contributed by atoms with van der Waals surface area (Å²) in [6.07, 6.45) is 1.25. The molecule has 14 heavy (non-hydrogen) atoms. The number of hydrogen-bond donors (Lipinski definition) is 0. The first-order valence-electron chi connectivity index (χ1n) is 5.55. The molecule has 2 bridgehead atoms. The second-order valence-corrected chi connectivity index (χ2v) is 7.34. The molecule has 1 nitrogen and oxygen atoms in total. The molecule has 0 aliphatic heterocycles. The molecule has 0 aromatic carbocycles. The van der Waals surface area contributed by atoms with Gasteiger partial charge in [0, 0.05) is 23.7 Å². The summed E-state index contributed by atoms with van der Waals surface area (Å²) in [5.41, 5.74) is 0. The van der Waals surface area contributed by atoms with Gasteiger partial charge in [0.2, 0.25) is 0 Å². The lowest BCUT2D eigenvalue weighted by Gasteiger charge is -2.47. The molecule has 0 radical (unpaired) electrons. The third kappa shape index (κ3) is 0.427. The number of alkyl halides is 2. The van der Waals surface area contributed by atoms with E-state index in [2.05, 4.69) is 0 Å². The van der Waals surface area contributed by atoms with Gasteiger partial charge in [-0.2, -0.15) is 0 Å². The normalized spacial score (nSPS) is 73.4. The van der Waals surface area contributed by atoms with Crippen molar-refractivity contribution in [1.29, 1.82) is 0 Å². The minimum absolute atomic E-state index is 0.264. The first kappa shape index (κ1) is 7.51. The van der Waals surface area contributed by atoms with Gasteiger partial charge in [0.05, 0.1) is 0 Å². The molecule has 5 aliphatic rings. The van der Waals surface area contributed by atoms with Crippen LogP contribution >= 0.6 is 23.2 Å². The molecule has 3 heteroatoms. The number of carbonyl (C=O) groups is 1. The predicted molar refractivity (Wildman–Crippen MR) is 52.0 cm³/mol. The maximum Gasteiger partial charge on any atom is 0.140 e. The number of ketones is 1. The molecule has 5 rings (SSSR count). The van der Waals surface area contributed by atoms with Crippen molar-refractivity contribution in [2.24, 2.45) is 47.3 Å². The molecule has 0 aromatic heterocycles. The van der Waals surface area contributed by atoms with Crippen LogP contribution in [-0.4, -0.2) is 10.1 Å². The van der Waals surface area contributed by atoms with Crippen molar-refractivity contribution in [3.63, 3.8) is 0 Å². The number of fused-ring (bicyclic) bond motifs is 2. The average Bonchev–Trinajstić information content (AvgIpc) is 2.52. The Morgan fingerprint density at radius 2 is 1.86 bits per heavy atom. The lowest BCUT2D eigenvalue weighted by Crippen LogP contribution is -2.52. The zero-order valence-corrected chi connectivity index (χ0v) is 9.00. The van der Waals surface area contributed by atoms with Crippen molar-refractivity contribution in [2.45, 2.75) is 10.8 Å². The van der Waals surface area contributed by atoms with Gasteiger partial charge in [-0.3, -0.25) is 4.79 Å². The summed E-state index contributed by atoms with van der Waals surface area (Å²) in [7, 11) is 0. The van der Waals surface area contributed by atoms with Gasteiger partial charge in [-0.15, -0.1) is 23.2 Å². The average molecular weight is 229 g/mol. The second-order valence-electron chi connectivity index (χ2n) is 5.90. The van der Waals surface area contributed by atoms with Gasteiger partial charge in [0.25, 0.3) is 0 Å². The van der Waals surface area contributed by atoms with E-state index in [-0.39, 0.29) is 11.8 Å². The molecule has 0 N–H and O–H groups in total. The van der Waals surface area contributed by atoms with Gasteiger partial charge in [-0.25, -0.2) is 0 Å². The maximum atomic E-state index is 12.1. The van der Waals surface area contributed by atoms with Gasteiger partial charge in [-0.1, -0.05) is 0 Å². The summed E-state index contributed by atoms with van der Waals surface area (Å²) in [5, 5.41) is 0. The van der Waals surface area contributed by atoms with Crippen LogP contribution in [0.5, 0.6) is 0 Å². The first-order chi connectivity index (χ1) is 6.64. The Morgan fingerprint density at radius 1 is 1.07 bits per heavy atom. The topological polar surface area (TPSA) is 17.1 Å². The highest BCUT2D eigenvalue weighted by atomic mass is 35.5. The Kier molecular flexibility index (Phi) is 0.909. The van der Waals surface area contributed by atoms with Crippen LogP contribution in [0.15, 0.2) is 0 Å². The van der Waals surface area contributed by atoms with E-state index in [1.165, 1.54) is 6.42 Å². The lowest BCUT2D eigenvalue weighted by atomic mass is 9.59. The van der Waals surface area contributed by atoms with Crippen molar-refractivity contribution in [3.8, 4) is 0 Å². The van der Waals surface area contributed by atoms with Crippen LogP contribution in [-0.2, 0) is 4.79 Å². The Labute approximate surface area is 92.1 Å². The fourth-order valence-corrected chi connectivity index (χ4v) is 7.23. The summed E-state index contributed by atoms with van der Waals surface area (Å²) in [4.78, 5) is 12.1. The van der Waals surface area contributed by atoms with E-state index in [0.29, 0.717) is 35.4 Å². The van der Waals surface area contributed by atoms with E-state index in [4.69, 9.17) is 23.2 Å². The third-order valence-electron chi connectivity index (χ3n) is 6.05. The smallest absolute Gasteiger partial charge is 0.140 e. The lowest BCUT2D eigenvalue weighted by molar-refractivity contribution is -0.133. The largest absolute Gasteiger partial charge is 0.299 e. The zero-order chi connectivity index (χ0) is 9.40. The fraction of sp³-hybridized carbons (Fsp3) is 0.909. The summed E-state index contributed by atoms with van der Waals surface area (Å²) < 4.78 is -0.541. The summed E-state index contributed by atoms with van der Waals surface area (Å²) in [6.45, 7) is 0. The van der Waals surface area contributed by atoms with Gasteiger partial charge < -0.3 is 0 Å². The highest BCUT2D eigenvalue weighted by Crippen LogP contribution is 2.86. The van der Waals surface area contributed by atoms with E-state index in [0.717, 1.165) is 5.92 Å². The second kappa shape index (κ2) is 1.69. The van der Waals surface area contributed by atoms with E-state index in [1.54, 1.807) is 0 Å². The highest BCUT2D eigenvalue weighted by Gasteiger charge is 2.87. The van der Waals surface area contributed by atoms with Crippen LogP contribution in [0.4, 0.5) is 0 Å². The SMILES string of the molecule is O=C1[C@@H]2[C@H]3C[C@@H]4[C@@H]5[C@@H]3[C@@H]1[C@H]5C(Cl)(Cl)[C@H]42. The molecular formula is C11H10Cl2O. The zero-order valence-electron chi connectivity index (χ0n) is 7.49. The van der Waals surface area contributed by atoms with Crippen molar-refractivity contribution in [1.82, 2.24) is 0 Å². The Balaban J connectivity index is 1.87. The van der Waals surface area contributed by atoms with Crippen molar-refractivity contribution in [3.05, 3.63) is 0 Å². The highest BCUT2D eigenvalue weighted by molar-refractivity contribution is 6.49. The van der Waals surface area contributed by atoms with Crippen LogP contribution in [0.3, 0.4) is 0 Å². The summed E-state index contributed by atoms with van der Waals surface area (Å²) in [5.74, 6) is 4.55. The first-order valence-corrected chi connectivity index (χ1v) is 6.31. The van der Waals surface area contributed by atoms with Gasteiger partial charge in [-0.05, 0) is 30.1 Å². The molecular weight excluding hydrogens is 219 g/mol. The Hall–Kier alpha value is 0.250. The Morgan fingerprint density at radius 3 is 2.64 bits per heavy atom. The van der Waals surface area contributed by atoms with E-state index >= 15 is 0 Å². The van der Waals surface area contributed by atoms with Crippen molar-refractivity contribution in [2.75, 3.05) is 0 Å². The van der Waals surface area contributed by atoms with Crippen LogP contribution in [0.2, 0.25) is 0 Å². The minimum Gasteiger partial charge on any atom is -0.299 e. The van der Waals surface area contributed by atoms with Crippen molar-refractivity contribution < 1.29 is 4.79 Å². The monoisotopic (exact) mass is 228 g/mol. The quantitative estimate of drug-likeness (QED) is 0.581. The van der Waals surface area contributed by atoms with Crippen LogP contribution in [0.25, 0.3) is 0 Å². The number of halogens is 2. The standard InChI is InChI=1S/C11H10Cl2O/c12-11(13)8-3-1-2-4-5(3)9(11)7(4)10(14)6(2)8/h2-9H,1H2/t2-,3+,4+,5+,6+,7+,8+,9-/m0/s1. The number of Topliss-reactive ketones (excluding diaryl/α,β-unsaturated/α-hetero) is 1. The molecule has 0 amide bonds. The van der Waals surface area contributed by atoms with Crippen LogP contribution in [0, 0.1) is 47.3 Å². The molecule has 5 saturated carbocycles. The molecule has 74 valence electrons. The van der Waals surface area contributed by atoms with Gasteiger partial charge >= 0.3 is 0 Å². The molecule has 0 aromatic rings. The van der Waals surface area contributed by atoms with Crippen molar-refractivity contribution >= 4 is 29.0 Å². The van der Waals surface area contributed by atoms with E-state index in [1.807, 2.05) is 0 Å². The van der Waals surface area contributed by atoms with Crippen LogP contribution < -0.4 is 0 Å². The predicted octanol–water partition coefficient (Wildman–Crippen LogP) is 2.12. The van der Waals surface area contributed by atoms with E-state index < -0.39 is 4.33 Å². The fourth-order valence-electron chi connectivity index (χ4n) is 6.07. The molecule has 0 heterocycles. The molecule has 0 saturated heterocycles. The van der Waals surface area contributed by atoms with Gasteiger partial charge in [0.15, 0.2) is 0 Å². The summed E-state index contributed by atoms with van der Waals surface area (Å²) in [6, 6.07) is 0. The number of carbonyl (C=O) groups excluding carboxylic acids is 1. The molecule has 5 fully saturated rings. The Bertz CT molecular complexity index is 391. The molecule has 0 unspecified atom stereocenters. The number of rotatable bonds is 0. The third-order valence-corrected chi connectivity index (χ3v) is 7.06. The molecule has 8 atom stereocenters.